The number of nitrogens with zero attached hydrogens (tertiary/aromatic N) is 2. The van der Waals surface area contributed by atoms with Crippen molar-refractivity contribution < 1.29 is 23.7 Å². The van der Waals surface area contributed by atoms with Gasteiger partial charge in [-0.05, 0) is 66.6 Å². The zero-order chi connectivity index (χ0) is 30.0. The molecule has 0 bridgehead atoms. The number of non-ortho nitro benzene ring substituents is 1. The Labute approximate surface area is 245 Å². The summed E-state index contributed by atoms with van der Waals surface area (Å²) in [5.41, 5.74) is 2.23. The molecule has 3 aliphatic heterocycles. The van der Waals surface area contributed by atoms with Gasteiger partial charge in [0, 0.05) is 40.2 Å². The van der Waals surface area contributed by atoms with E-state index in [0.717, 1.165) is 11.1 Å². The van der Waals surface area contributed by atoms with Crippen molar-refractivity contribution in [2.45, 2.75) is 24.4 Å². The fourth-order valence-corrected chi connectivity index (χ4v) is 7.10. The highest BCUT2D eigenvalue weighted by Crippen LogP contribution is 2.58. The van der Waals surface area contributed by atoms with Gasteiger partial charge in [-0.15, -0.1) is 0 Å². The maximum absolute atomic E-state index is 14.7. The van der Waals surface area contributed by atoms with Crippen molar-refractivity contribution in [2.75, 3.05) is 10.2 Å². The molecule has 7 rings (SSSR count). The first-order valence-corrected chi connectivity index (χ1v) is 13.8. The van der Waals surface area contributed by atoms with E-state index < -0.39 is 51.6 Å². The van der Waals surface area contributed by atoms with Gasteiger partial charge in [-0.25, -0.2) is 4.39 Å². The van der Waals surface area contributed by atoms with Crippen LogP contribution in [0, 0.1) is 21.8 Å². The van der Waals surface area contributed by atoms with E-state index in [4.69, 9.17) is 0 Å². The van der Waals surface area contributed by atoms with Gasteiger partial charge in [0.15, 0.2) is 11.6 Å². The Hall–Kier alpha value is -5.44. The van der Waals surface area contributed by atoms with Gasteiger partial charge in [-0.2, -0.15) is 0 Å². The minimum absolute atomic E-state index is 0.165. The number of carbonyl (C=O) groups excluding carboxylic acids is 3. The third kappa shape index (κ3) is 3.71. The summed E-state index contributed by atoms with van der Waals surface area (Å²) >= 11 is 0. The van der Waals surface area contributed by atoms with Crippen molar-refractivity contribution in [3.05, 3.63) is 141 Å². The Kier molecular flexibility index (Phi) is 5.88. The van der Waals surface area contributed by atoms with Crippen LogP contribution in [0.15, 0.2) is 103 Å². The normalized spacial score (nSPS) is 23.2. The van der Waals surface area contributed by atoms with E-state index in [-0.39, 0.29) is 16.8 Å². The standard InChI is InChI=1S/C34H24FN3O5/c1-19-18-28-34(25-7-3-4-8-26(25)36-33(34)41)29(31(39)20-10-14-22(35)15-11-20)30(37(28)27-9-5-2-6-24(19)27)32(40)21-12-16-23(17-13-21)38(42)43/h2-18,28-30H,1H3,(H,36,41)/t28-,29-,30+,34+/m0/s1. The summed E-state index contributed by atoms with van der Waals surface area (Å²) in [6.07, 6.45) is 1.94. The fourth-order valence-electron chi connectivity index (χ4n) is 7.10. The SMILES string of the molecule is CC1=C[C@@H]2N(c3ccccc31)[C@@H](C(=O)c1ccc([N+](=O)[O-])cc1)[C@@H](C(=O)c1ccc(F)cc1)[C@]21C(=O)Nc2ccccc21. The quantitative estimate of drug-likeness (QED) is 0.179. The molecule has 4 aromatic carbocycles. The molecular weight excluding hydrogens is 549 g/mol. The Bertz CT molecular complexity index is 1880. The lowest BCUT2D eigenvalue weighted by Crippen LogP contribution is -2.51. The average Bonchev–Trinajstić information content (AvgIpc) is 3.49. The minimum atomic E-state index is -1.52. The van der Waals surface area contributed by atoms with Gasteiger partial charge in [0.1, 0.15) is 17.3 Å². The number of allylic oxidation sites excluding steroid dienone is 1. The van der Waals surface area contributed by atoms with Crippen LogP contribution in [0.4, 0.5) is 21.5 Å². The summed E-state index contributed by atoms with van der Waals surface area (Å²) in [5, 5.41) is 14.3. The highest BCUT2D eigenvalue weighted by Gasteiger charge is 2.70. The molecule has 0 radical (unpaired) electrons. The molecule has 4 aromatic rings. The van der Waals surface area contributed by atoms with Crippen molar-refractivity contribution in [3.63, 3.8) is 0 Å². The molecule has 1 saturated heterocycles. The molecule has 3 aliphatic rings. The molecule has 9 heteroatoms. The van der Waals surface area contributed by atoms with Gasteiger partial charge in [0.2, 0.25) is 5.91 Å². The average molecular weight is 574 g/mol. The Balaban J connectivity index is 1.53. The monoisotopic (exact) mass is 573 g/mol. The van der Waals surface area contributed by atoms with Crippen LogP contribution < -0.4 is 10.2 Å². The van der Waals surface area contributed by atoms with Crippen LogP contribution in [0.5, 0.6) is 0 Å². The zero-order valence-electron chi connectivity index (χ0n) is 22.9. The molecule has 1 spiro atoms. The molecule has 3 heterocycles. The number of halogens is 1. The molecule has 0 unspecified atom stereocenters. The third-order valence-corrected chi connectivity index (χ3v) is 8.93. The maximum Gasteiger partial charge on any atom is 0.269 e. The van der Waals surface area contributed by atoms with E-state index >= 15 is 0 Å². The van der Waals surface area contributed by atoms with Crippen LogP contribution in [0.25, 0.3) is 5.57 Å². The Morgan fingerprint density at radius 3 is 2.23 bits per heavy atom. The van der Waals surface area contributed by atoms with E-state index in [2.05, 4.69) is 5.32 Å². The van der Waals surface area contributed by atoms with Crippen molar-refractivity contribution in [1.82, 2.24) is 0 Å². The summed E-state index contributed by atoms with van der Waals surface area (Å²) in [6.45, 7) is 1.94. The lowest BCUT2D eigenvalue weighted by Gasteiger charge is -2.39. The first-order valence-electron chi connectivity index (χ1n) is 13.8. The summed E-state index contributed by atoms with van der Waals surface area (Å²) in [7, 11) is 0. The molecule has 1 amide bonds. The van der Waals surface area contributed by atoms with Gasteiger partial charge in [0.25, 0.3) is 5.69 Å². The first kappa shape index (κ1) is 26.5. The molecule has 1 fully saturated rings. The number of nitro benzene ring substituents is 1. The van der Waals surface area contributed by atoms with Crippen LogP contribution in [-0.4, -0.2) is 34.5 Å². The molecule has 8 nitrogen and oxygen atoms in total. The van der Waals surface area contributed by atoms with E-state index in [0.29, 0.717) is 16.9 Å². The number of hydrogen-bond acceptors (Lipinski definition) is 6. The summed E-state index contributed by atoms with van der Waals surface area (Å²) < 4.78 is 14.0. The molecule has 0 saturated carbocycles. The molecule has 212 valence electrons. The summed E-state index contributed by atoms with van der Waals surface area (Å²) in [6, 6.07) is 23.1. The highest BCUT2D eigenvalue weighted by molar-refractivity contribution is 6.18. The summed E-state index contributed by atoms with van der Waals surface area (Å²) in [4.78, 5) is 56.4. The van der Waals surface area contributed by atoms with Crippen LogP contribution in [0.1, 0.15) is 38.8 Å². The molecular formula is C34H24FN3O5. The predicted molar refractivity (Wildman–Crippen MR) is 159 cm³/mol. The van der Waals surface area contributed by atoms with Gasteiger partial charge < -0.3 is 10.2 Å². The minimum Gasteiger partial charge on any atom is -0.352 e. The molecule has 43 heavy (non-hydrogen) atoms. The number of fused-ring (bicyclic) bond motifs is 6. The Morgan fingerprint density at radius 2 is 1.51 bits per heavy atom. The zero-order valence-corrected chi connectivity index (χ0v) is 22.9. The predicted octanol–water partition coefficient (Wildman–Crippen LogP) is 5.98. The number of nitrogens with one attached hydrogen (secondary N) is 1. The number of carbonyl (C=O) groups is 3. The summed E-state index contributed by atoms with van der Waals surface area (Å²) in [5.74, 6) is -3.11. The van der Waals surface area contributed by atoms with Crippen LogP contribution in [0.2, 0.25) is 0 Å². The second kappa shape index (κ2) is 9.55. The van der Waals surface area contributed by atoms with Gasteiger partial charge >= 0.3 is 0 Å². The fraction of sp³-hybridized carbons (Fsp3) is 0.147. The van der Waals surface area contributed by atoms with Crippen molar-refractivity contribution in [3.8, 4) is 0 Å². The number of ketones is 2. The lowest BCUT2D eigenvalue weighted by atomic mass is 9.64. The maximum atomic E-state index is 14.7. The van der Waals surface area contributed by atoms with E-state index in [9.17, 15) is 28.9 Å². The van der Waals surface area contributed by atoms with Crippen molar-refractivity contribution in [1.29, 1.82) is 0 Å². The number of hydrogen-bond donors (Lipinski definition) is 1. The van der Waals surface area contributed by atoms with Crippen LogP contribution in [0.3, 0.4) is 0 Å². The number of anilines is 2. The van der Waals surface area contributed by atoms with Crippen LogP contribution >= 0.6 is 0 Å². The molecule has 0 aliphatic carbocycles. The largest absolute Gasteiger partial charge is 0.352 e. The first-order chi connectivity index (χ1) is 20.7. The van der Waals surface area contributed by atoms with Crippen LogP contribution in [-0.2, 0) is 10.2 Å². The number of para-hydroxylation sites is 2. The van der Waals surface area contributed by atoms with E-state index in [1.54, 1.807) is 24.3 Å². The smallest absolute Gasteiger partial charge is 0.269 e. The van der Waals surface area contributed by atoms with Gasteiger partial charge in [-0.3, -0.25) is 24.5 Å². The number of nitro groups is 1. The molecule has 4 atom stereocenters. The van der Waals surface area contributed by atoms with E-state index in [1.165, 1.54) is 48.5 Å². The number of rotatable bonds is 5. The van der Waals surface area contributed by atoms with E-state index in [1.807, 2.05) is 42.2 Å². The van der Waals surface area contributed by atoms with Crippen molar-refractivity contribution in [2.24, 2.45) is 5.92 Å². The topological polar surface area (TPSA) is 110 Å². The number of Topliss-reactive ketones (excluding diaryl/α,β-unsaturated/α-hetero) is 2. The lowest BCUT2D eigenvalue weighted by molar-refractivity contribution is -0.384. The van der Waals surface area contributed by atoms with Gasteiger partial charge in [0.05, 0.1) is 16.9 Å². The van der Waals surface area contributed by atoms with Gasteiger partial charge in [-0.1, -0.05) is 42.5 Å². The third-order valence-electron chi connectivity index (χ3n) is 8.93. The Morgan fingerprint density at radius 1 is 0.884 bits per heavy atom. The second-order valence-corrected chi connectivity index (χ2v) is 11.0. The number of benzene rings is 4. The molecule has 0 aromatic heterocycles. The van der Waals surface area contributed by atoms with Crippen molar-refractivity contribution >= 4 is 40.1 Å². The number of amides is 1. The molecule has 1 N–H and O–H groups in total. The second-order valence-electron chi connectivity index (χ2n) is 11.0. The highest BCUT2D eigenvalue weighted by atomic mass is 19.1.